The van der Waals surface area contributed by atoms with Gasteiger partial charge in [-0.15, -0.1) is 0 Å². The van der Waals surface area contributed by atoms with Crippen LogP contribution in [0.25, 0.3) is 0 Å². The molecule has 0 bridgehead atoms. The first kappa shape index (κ1) is 17.4. The van der Waals surface area contributed by atoms with Gasteiger partial charge < -0.3 is 10.8 Å². The molecule has 0 radical (unpaired) electrons. The van der Waals surface area contributed by atoms with Gasteiger partial charge in [-0.3, -0.25) is 4.90 Å². The fourth-order valence-corrected chi connectivity index (χ4v) is 3.41. The second-order valence-corrected chi connectivity index (χ2v) is 6.12. The molecule has 1 unspecified atom stereocenters. The van der Waals surface area contributed by atoms with Crippen molar-refractivity contribution in [3.8, 4) is 5.75 Å². The lowest BCUT2D eigenvalue weighted by molar-refractivity contribution is 0.195. The summed E-state index contributed by atoms with van der Waals surface area (Å²) in [5.74, 6) is 0.437. The van der Waals surface area contributed by atoms with Gasteiger partial charge in [0.1, 0.15) is 5.75 Å². The average molecular weight is 312 g/mol. The van der Waals surface area contributed by atoms with Gasteiger partial charge in [-0.25, -0.2) is 0 Å². The van der Waals surface area contributed by atoms with E-state index in [1.165, 1.54) is 11.1 Å². The zero-order valence-electron chi connectivity index (χ0n) is 14.0. The number of hydrogen-bond acceptors (Lipinski definition) is 3. The number of benzene rings is 1. The maximum Gasteiger partial charge on any atom is 0.119 e. The van der Waals surface area contributed by atoms with Gasteiger partial charge >= 0.3 is 0 Å². The van der Waals surface area contributed by atoms with E-state index < -0.39 is 0 Å². The topological polar surface area (TPSA) is 49.5 Å². The first-order valence-electron chi connectivity index (χ1n) is 8.43. The van der Waals surface area contributed by atoms with E-state index in [1.807, 2.05) is 24.3 Å². The standard InChI is InChI=1S/C20H28N2O/c1-3-6-16(11-12-21)15-22(13-4-2)18-10-9-17-7-5-8-20(23)19(17)14-18/h3,5-8,11-12,18,23H,1,4,9-10,13-15,21H2,2H3/b12-11-,16-6+. The maximum absolute atomic E-state index is 10.2. The highest BCUT2D eigenvalue weighted by atomic mass is 16.3. The van der Waals surface area contributed by atoms with Crippen LogP contribution in [0.5, 0.6) is 5.75 Å². The molecule has 3 nitrogen and oxygen atoms in total. The van der Waals surface area contributed by atoms with Crippen molar-refractivity contribution in [1.29, 1.82) is 0 Å². The molecular weight excluding hydrogens is 284 g/mol. The van der Waals surface area contributed by atoms with Crippen LogP contribution in [0.4, 0.5) is 0 Å². The number of aromatic hydroxyl groups is 1. The number of nitrogens with two attached hydrogens (primary N) is 1. The van der Waals surface area contributed by atoms with E-state index in [9.17, 15) is 5.11 Å². The van der Waals surface area contributed by atoms with Crippen molar-refractivity contribution in [3.63, 3.8) is 0 Å². The Bertz CT molecular complexity index is 589. The molecule has 3 N–H and O–H groups in total. The summed E-state index contributed by atoms with van der Waals surface area (Å²) in [6, 6.07) is 6.33. The van der Waals surface area contributed by atoms with E-state index in [1.54, 1.807) is 12.3 Å². The first-order chi connectivity index (χ1) is 11.2. The Kier molecular flexibility index (Phi) is 6.48. The summed E-state index contributed by atoms with van der Waals surface area (Å²) in [5.41, 5.74) is 9.14. The molecule has 1 aromatic rings. The van der Waals surface area contributed by atoms with E-state index in [-0.39, 0.29) is 0 Å². The summed E-state index contributed by atoms with van der Waals surface area (Å²) < 4.78 is 0. The van der Waals surface area contributed by atoms with Crippen LogP contribution in [0.15, 0.2) is 54.8 Å². The fraction of sp³-hybridized carbons (Fsp3) is 0.400. The Labute approximate surface area is 139 Å². The third kappa shape index (κ3) is 4.49. The number of aryl methyl sites for hydroxylation is 1. The lowest BCUT2D eigenvalue weighted by Crippen LogP contribution is -2.41. The van der Waals surface area contributed by atoms with E-state index in [0.29, 0.717) is 11.8 Å². The summed E-state index contributed by atoms with van der Waals surface area (Å²) in [6.07, 6.45) is 11.5. The lowest BCUT2D eigenvalue weighted by atomic mass is 9.86. The van der Waals surface area contributed by atoms with Crippen molar-refractivity contribution in [2.24, 2.45) is 5.73 Å². The number of nitrogens with zero attached hydrogens (tertiary/aromatic N) is 1. The summed E-state index contributed by atoms with van der Waals surface area (Å²) in [6.45, 7) is 7.90. The molecule has 3 heteroatoms. The van der Waals surface area contributed by atoms with Crippen LogP contribution in [0.2, 0.25) is 0 Å². The molecule has 0 heterocycles. The zero-order valence-corrected chi connectivity index (χ0v) is 14.0. The monoisotopic (exact) mass is 312 g/mol. The second-order valence-electron chi connectivity index (χ2n) is 6.12. The Morgan fingerprint density at radius 2 is 2.30 bits per heavy atom. The summed E-state index contributed by atoms with van der Waals surface area (Å²) in [4.78, 5) is 2.50. The number of fused-ring (bicyclic) bond motifs is 1. The van der Waals surface area contributed by atoms with Gasteiger partial charge in [-0.2, -0.15) is 0 Å². The van der Waals surface area contributed by atoms with Crippen molar-refractivity contribution in [2.45, 2.75) is 38.6 Å². The van der Waals surface area contributed by atoms with Crippen molar-refractivity contribution < 1.29 is 5.11 Å². The highest BCUT2D eigenvalue weighted by Gasteiger charge is 2.25. The molecule has 0 saturated heterocycles. The quantitative estimate of drug-likeness (QED) is 0.757. The third-order valence-electron chi connectivity index (χ3n) is 4.49. The Morgan fingerprint density at radius 3 is 3.00 bits per heavy atom. The predicted molar refractivity (Wildman–Crippen MR) is 97.4 cm³/mol. The van der Waals surface area contributed by atoms with Crippen molar-refractivity contribution in [3.05, 3.63) is 65.9 Å². The third-order valence-corrected chi connectivity index (χ3v) is 4.49. The van der Waals surface area contributed by atoms with Gasteiger partial charge in [0.15, 0.2) is 0 Å². The Hall–Kier alpha value is -2.00. The highest BCUT2D eigenvalue weighted by Crippen LogP contribution is 2.31. The normalized spacial score (nSPS) is 18.3. The van der Waals surface area contributed by atoms with Crippen molar-refractivity contribution >= 4 is 0 Å². The number of allylic oxidation sites excluding steroid dienone is 2. The van der Waals surface area contributed by atoms with Crippen LogP contribution in [0.1, 0.15) is 30.9 Å². The maximum atomic E-state index is 10.2. The predicted octanol–water partition coefficient (Wildman–Crippen LogP) is 3.55. The molecule has 2 rings (SSSR count). The molecule has 1 aliphatic rings. The number of rotatable bonds is 7. The second kappa shape index (κ2) is 8.59. The molecule has 0 fully saturated rings. The molecule has 0 aromatic heterocycles. The average Bonchev–Trinajstić information content (AvgIpc) is 2.55. The van der Waals surface area contributed by atoms with Gasteiger partial charge in [0.25, 0.3) is 0 Å². The fourth-order valence-electron chi connectivity index (χ4n) is 3.41. The Morgan fingerprint density at radius 1 is 1.48 bits per heavy atom. The van der Waals surface area contributed by atoms with Gasteiger partial charge in [-0.05, 0) is 67.3 Å². The number of phenolic OH excluding ortho intramolecular Hbond substituents is 1. The van der Waals surface area contributed by atoms with E-state index >= 15 is 0 Å². The van der Waals surface area contributed by atoms with Gasteiger partial charge in [0.2, 0.25) is 0 Å². The molecule has 124 valence electrons. The van der Waals surface area contributed by atoms with Crippen LogP contribution >= 0.6 is 0 Å². The molecule has 1 aliphatic carbocycles. The Balaban J connectivity index is 2.17. The van der Waals surface area contributed by atoms with Crippen LogP contribution in [0, 0.1) is 0 Å². The minimum Gasteiger partial charge on any atom is -0.508 e. The zero-order chi connectivity index (χ0) is 16.7. The summed E-state index contributed by atoms with van der Waals surface area (Å²) in [7, 11) is 0. The number of hydrogen-bond donors (Lipinski definition) is 2. The molecule has 1 atom stereocenters. The van der Waals surface area contributed by atoms with Crippen LogP contribution in [-0.4, -0.2) is 29.1 Å². The molecular formula is C20H28N2O. The van der Waals surface area contributed by atoms with Crippen LogP contribution < -0.4 is 5.73 Å². The minimum absolute atomic E-state index is 0.437. The van der Waals surface area contributed by atoms with E-state index in [0.717, 1.165) is 44.3 Å². The molecule has 1 aromatic carbocycles. The molecule has 0 spiro atoms. The largest absolute Gasteiger partial charge is 0.508 e. The minimum atomic E-state index is 0.437. The van der Waals surface area contributed by atoms with Gasteiger partial charge in [0, 0.05) is 12.6 Å². The molecule has 0 saturated carbocycles. The molecule has 23 heavy (non-hydrogen) atoms. The van der Waals surface area contributed by atoms with Crippen LogP contribution in [0.3, 0.4) is 0 Å². The van der Waals surface area contributed by atoms with Crippen molar-refractivity contribution in [2.75, 3.05) is 13.1 Å². The highest BCUT2D eigenvalue weighted by molar-refractivity contribution is 5.41. The lowest BCUT2D eigenvalue weighted by Gasteiger charge is -2.35. The first-order valence-corrected chi connectivity index (χ1v) is 8.43. The van der Waals surface area contributed by atoms with Crippen molar-refractivity contribution in [1.82, 2.24) is 4.90 Å². The van der Waals surface area contributed by atoms with E-state index in [4.69, 9.17) is 5.73 Å². The van der Waals surface area contributed by atoms with E-state index in [2.05, 4.69) is 24.5 Å². The summed E-state index contributed by atoms with van der Waals surface area (Å²) in [5, 5.41) is 10.2. The SMILES string of the molecule is C=C/C=C(\C=C/N)CN(CCC)C1CCc2cccc(O)c2C1. The number of phenols is 1. The smallest absolute Gasteiger partial charge is 0.119 e. The van der Waals surface area contributed by atoms with Crippen LogP contribution in [-0.2, 0) is 12.8 Å². The molecule has 0 amide bonds. The summed E-state index contributed by atoms with van der Waals surface area (Å²) >= 11 is 0. The molecule has 0 aliphatic heterocycles. The van der Waals surface area contributed by atoms with Gasteiger partial charge in [-0.1, -0.05) is 37.8 Å². The van der Waals surface area contributed by atoms with Gasteiger partial charge in [0.05, 0.1) is 0 Å².